The molecule has 0 N–H and O–H groups in total. The minimum absolute atomic E-state index is 0.179. The van der Waals surface area contributed by atoms with Crippen molar-refractivity contribution >= 4 is 25.3 Å². The summed E-state index contributed by atoms with van der Waals surface area (Å²) in [6.07, 6.45) is 0. The highest BCUT2D eigenvalue weighted by atomic mass is 35.5. The number of carbonyl (C=O) groups excluding carboxylic acids is 1. The Balaban J connectivity index is 3.83. The van der Waals surface area contributed by atoms with E-state index in [1.807, 2.05) is 0 Å². The highest BCUT2D eigenvalue weighted by Gasteiger charge is 2.36. The van der Waals surface area contributed by atoms with E-state index in [0.29, 0.717) is 6.61 Å². The van der Waals surface area contributed by atoms with Crippen LogP contribution in [0.15, 0.2) is 0 Å². The summed E-state index contributed by atoms with van der Waals surface area (Å²) in [6.45, 7) is 11.4. The van der Waals surface area contributed by atoms with Crippen molar-refractivity contribution in [2.24, 2.45) is 0 Å². The van der Waals surface area contributed by atoms with Gasteiger partial charge >= 0.3 is 5.43 Å². The molecule has 0 aliphatic rings. The fraction of sp³-hybridized carbons (Fsp3) is 0.889. The van der Waals surface area contributed by atoms with Crippen LogP contribution in [-0.2, 0) is 9.16 Å². The smallest absolute Gasteiger partial charge is 0.403 e. The predicted octanol–water partition coefficient (Wildman–Crippen LogP) is 3.38. The molecular weight excluding hydrogens is 220 g/mol. The van der Waals surface area contributed by atoms with E-state index in [1.54, 1.807) is 0 Å². The zero-order valence-corrected chi connectivity index (χ0v) is 11.3. The fourth-order valence-electron chi connectivity index (χ4n) is 0.635. The van der Waals surface area contributed by atoms with Crippen molar-refractivity contribution in [1.29, 1.82) is 0 Å². The Morgan fingerprint density at radius 2 is 1.79 bits per heavy atom. The van der Waals surface area contributed by atoms with Gasteiger partial charge in [0.1, 0.15) is 6.61 Å². The largest absolute Gasteiger partial charge is 0.451 e. The molecule has 0 rings (SSSR count). The minimum Gasteiger partial charge on any atom is -0.451 e. The van der Waals surface area contributed by atoms with Crippen LogP contribution in [0.5, 0.6) is 0 Å². The Morgan fingerprint density at radius 3 is 2.14 bits per heavy atom. The lowest BCUT2D eigenvalue weighted by molar-refractivity contribution is 0.142. The molecule has 0 saturated heterocycles. The average molecular weight is 239 g/mol. The molecular formula is C9H19ClO3Si. The molecule has 0 atom stereocenters. The number of rotatable bonds is 4. The van der Waals surface area contributed by atoms with Gasteiger partial charge < -0.3 is 9.16 Å². The summed E-state index contributed by atoms with van der Waals surface area (Å²) < 4.78 is 10.3. The summed E-state index contributed by atoms with van der Waals surface area (Å²) in [7, 11) is -1.71. The maximum atomic E-state index is 10.3. The summed E-state index contributed by atoms with van der Waals surface area (Å²) in [5.41, 5.74) is -0.774. The van der Waals surface area contributed by atoms with Crippen LogP contribution in [0.25, 0.3) is 0 Å². The van der Waals surface area contributed by atoms with Crippen molar-refractivity contribution < 1.29 is 14.0 Å². The number of ether oxygens (including phenoxy) is 1. The molecule has 0 fully saturated rings. The Hall–Kier alpha value is -0.0631. The molecule has 5 heteroatoms. The van der Waals surface area contributed by atoms with Crippen LogP contribution in [0.2, 0.25) is 18.1 Å². The second-order valence-electron chi connectivity index (χ2n) is 4.69. The van der Waals surface area contributed by atoms with Gasteiger partial charge in [0.05, 0.1) is 6.61 Å². The third kappa shape index (κ3) is 4.98. The SMILES string of the molecule is CC(C)(C)[Si](C)(C)OCCOC(=O)Cl. The molecule has 0 heterocycles. The maximum Gasteiger partial charge on any atom is 0.403 e. The molecule has 0 amide bonds. The number of carbonyl (C=O) groups is 1. The van der Waals surface area contributed by atoms with E-state index in [0.717, 1.165) is 0 Å². The van der Waals surface area contributed by atoms with E-state index in [1.165, 1.54) is 0 Å². The van der Waals surface area contributed by atoms with Crippen molar-refractivity contribution in [3.05, 3.63) is 0 Å². The lowest BCUT2D eigenvalue weighted by atomic mass is 10.2. The third-order valence-corrected chi connectivity index (χ3v) is 7.22. The topological polar surface area (TPSA) is 35.5 Å². The van der Waals surface area contributed by atoms with Crippen LogP contribution < -0.4 is 0 Å². The van der Waals surface area contributed by atoms with Gasteiger partial charge in [-0.1, -0.05) is 20.8 Å². The van der Waals surface area contributed by atoms with Gasteiger partial charge in [-0.25, -0.2) is 4.79 Å². The predicted molar refractivity (Wildman–Crippen MR) is 60.4 cm³/mol. The lowest BCUT2D eigenvalue weighted by Gasteiger charge is -2.35. The van der Waals surface area contributed by atoms with Crippen LogP contribution >= 0.6 is 11.6 Å². The first kappa shape index (κ1) is 13.9. The molecule has 0 aliphatic heterocycles. The molecule has 0 unspecified atom stereocenters. The first-order valence-electron chi connectivity index (χ1n) is 4.63. The van der Waals surface area contributed by atoms with Crippen LogP contribution in [0.1, 0.15) is 20.8 Å². The van der Waals surface area contributed by atoms with Crippen LogP contribution in [-0.4, -0.2) is 27.0 Å². The molecule has 0 aromatic carbocycles. The van der Waals surface area contributed by atoms with Gasteiger partial charge in [0.25, 0.3) is 0 Å². The molecule has 0 aromatic rings. The molecule has 84 valence electrons. The van der Waals surface area contributed by atoms with Gasteiger partial charge in [0.2, 0.25) is 0 Å². The molecule has 3 nitrogen and oxygen atoms in total. The van der Waals surface area contributed by atoms with E-state index >= 15 is 0 Å². The van der Waals surface area contributed by atoms with E-state index in [-0.39, 0.29) is 11.6 Å². The number of halogens is 1. The number of hydrogen-bond donors (Lipinski definition) is 0. The lowest BCUT2D eigenvalue weighted by Crippen LogP contribution is -2.41. The monoisotopic (exact) mass is 238 g/mol. The molecule has 0 aromatic heterocycles. The Kier molecular flexibility index (Phi) is 5.12. The second kappa shape index (κ2) is 5.14. The Labute approximate surface area is 91.9 Å². The van der Waals surface area contributed by atoms with Crippen molar-refractivity contribution in [2.45, 2.75) is 38.9 Å². The average Bonchev–Trinajstić information content (AvgIpc) is 1.95. The van der Waals surface area contributed by atoms with Gasteiger partial charge in [-0.15, -0.1) is 0 Å². The maximum absolute atomic E-state index is 10.3. The van der Waals surface area contributed by atoms with Gasteiger partial charge in [0, 0.05) is 11.6 Å². The molecule has 14 heavy (non-hydrogen) atoms. The fourth-order valence-corrected chi connectivity index (χ4v) is 1.74. The second-order valence-corrected chi connectivity index (χ2v) is 9.81. The normalized spacial score (nSPS) is 12.7. The zero-order valence-electron chi connectivity index (χ0n) is 9.52. The first-order valence-corrected chi connectivity index (χ1v) is 7.91. The molecule has 0 spiro atoms. The van der Waals surface area contributed by atoms with Crippen molar-refractivity contribution in [3.63, 3.8) is 0 Å². The quantitative estimate of drug-likeness (QED) is 0.428. The van der Waals surface area contributed by atoms with E-state index in [2.05, 4.69) is 38.6 Å². The van der Waals surface area contributed by atoms with E-state index in [4.69, 9.17) is 16.0 Å². The van der Waals surface area contributed by atoms with E-state index < -0.39 is 13.7 Å². The van der Waals surface area contributed by atoms with Crippen molar-refractivity contribution in [2.75, 3.05) is 13.2 Å². The van der Waals surface area contributed by atoms with Crippen LogP contribution in [0.4, 0.5) is 4.79 Å². The van der Waals surface area contributed by atoms with Crippen LogP contribution in [0, 0.1) is 0 Å². The van der Waals surface area contributed by atoms with Crippen molar-refractivity contribution in [1.82, 2.24) is 0 Å². The van der Waals surface area contributed by atoms with Gasteiger partial charge in [-0.3, -0.25) is 0 Å². The summed E-state index contributed by atoms with van der Waals surface area (Å²) >= 11 is 5.01. The summed E-state index contributed by atoms with van der Waals surface area (Å²) in [6, 6.07) is 0. The van der Waals surface area contributed by atoms with Gasteiger partial charge in [-0.05, 0) is 18.1 Å². The molecule has 0 radical (unpaired) electrons. The summed E-state index contributed by atoms with van der Waals surface area (Å²) in [4.78, 5) is 10.3. The Bertz CT molecular complexity index is 199. The summed E-state index contributed by atoms with van der Waals surface area (Å²) in [5, 5.41) is 0.179. The van der Waals surface area contributed by atoms with E-state index in [9.17, 15) is 4.79 Å². The summed E-state index contributed by atoms with van der Waals surface area (Å²) in [5.74, 6) is 0. The highest BCUT2D eigenvalue weighted by molar-refractivity contribution is 6.74. The van der Waals surface area contributed by atoms with Gasteiger partial charge in [0.15, 0.2) is 8.32 Å². The highest BCUT2D eigenvalue weighted by Crippen LogP contribution is 2.36. The molecule has 0 aliphatic carbocycles. The van der Waals surface area contributed by atoms with Crippen LogP contribution in [0.3, 0.4) is 0 Å². The third-order valence-electron chi connectivity index (χ3n) is 2.57. The number of hydrogen-bond acceptors (Lipinski definition) is 3. The molecule has 0 saturated carbocycles. The Morgan fingerprint density at radius 1 is 1.29 bits per heavy atom. The molecule has 0 bridgehead atoms. The van der Waals surface area contributed by atoms with Crippen molar-refractivity contribution in [3.8, 4) is 0 Å². The van der Waals surface area contributed by atoms with Gasteiger partial charge in [-0.2, -0.15) is 0 Å². The standard InChI is InChI=1S/C9H19ClO3Si/c1-9(2,3)14(4,5)13-7-6-12-8(10)11/h6-7H2,1-5H3. The first-order chi connectivity index (χ1) is 6.17. The zero-order chi connectivity index (χ0) is 11.4. The minimum atomic E-state index is -1.71.